The van der Waals surface area contributed by atoms with Gasteiger partial charge in [-0.3, -0.25) is 4.79 Å². The number of aromatic carboxylic acids is 1. The molecule has 0 aliphatic rings. The zero-order valence-corrected chi connectivity index (χ0v) is 8.38. The number of thiophene rings is 1. The standard InChI is InChI=1S/C10H7NO3S/c11-9(12)5-1-2-7-6(3-5)4-8(15-7)10(13)14/h1-4H,(H2,11,12)(H,13,14). The van der Waals surface area contributed by atoms with Crippen molar-refractivity contribution in [3.63, 3.8) is 0 Å². The summed E-state index contributed by atoms with van der Waals surface area (Å²) in [5.74, 6) is -1.48. The highest BCUT2D eigenvalue weighted by Crippen LogP contribution is 2.26. The lowest BCUT2D eigenvalue weighted by Gasteiger charge is -1.93. The normalized spacial score (nSPS) is 10.4. The highest BCUT2D eigenvalue weighted by atomic mass is 32.1. The lowest BCUT2D eigenvalue weighted by molar-refractivity contribution is 0.0702. The number of rotatable bonds is 2. The largest absolute Gasteiger partial charge is 0.477 e. The second kappa shape index (κ2) is 3.36. The zero-order valence-electron chi connectivity index (χ0n) is 7.56. The number of amides is 1. The van der Waals surface area contributed by atoms with Gasteiger partial charge in [-0.25, -0.2) is 4.79 Å². The van der Waals surface area contributed by atoms with E-state index >= 15 is 0 Å². The Morgan fingerprint density at radius 3 is 2.60 bits per heavy atom. The molecule has 1 amide bonds. The quantitative estimate of drug-likeness (QED) is 0.809. The Labute approximate surface area is 88.9 Å². The van der Waals surface area contributed by atoms with Crippen molar-refractivity contribution >= 4 is 33.3 Å². The average molecular weight is 221 g/mol. The summed E-state index contributed by atoms with van der Waals surface area (Å²) >= 11 is 1.17. The van der Waals surface area contributed by atoms with Crippen molar-refractivity contribution in [2.75, 3.05) is 0 Å². The van der Waals surface area contributed by atoms with E-state index in [1.165, 1.54) is 17.4 Å². The minimum absolute atomic E-state index is 0.256. The second-order valence-electron chi connectivity index (χ2n) is 3.03. The molecular weight excluding hydrogens is 214 g/mol. The number of benzene rings is 1. The number of hydrogen-bond donors (Lipinski definition) is 2. The van der Waals surface area contributed by atoms with Gasteiger partial charge < -0.3 is 10.8 Å². The van der Waals surface area contributed by atoms with E-state index in [1.807, 2.05) is 0 Å². The first-order valence-corrected chi connectivity index (χ1v) is 4.96. The third-order valence-electron chi connectivity index (χ3n) is 2.01. The zero-order chi connectivity index (χ0) is 11.0. The molecule has 0 spiro atoms. The maximum Gasteiger partial charge on any atom is 0.345 e. The van der Waals surface area contributed by atoms with E-state index in [2.05, 4.69) is 0 Å². The molecule has 0 saturated carbocycles. The van der Waals surface area contributed by atoms with E-state index in [0.717, 1.165) is 10.1 Å². The average Bonchev–Trinajstić information content (AvgIpc) is 2.59. The van der Waals surface area contributed by atoms with E-state index in [-0.39, 0.29) is 4.88 Å². The van der Waals surface area contributed by atoms with Crippen LogP contribution < -0.4 is 5.73 Å². The van der Waals surface area contributed by atoms with E-state index in [9.17, 15) is 9.59 Å². The molecule has 2 rings (SSSR count). The van der Waals surface area contributed by atoms with Crippen LogP contribution in [0, 0.1) is 0 Å². The van der Waals surface area contributed by atoms with Gasteiger partial charge in [0.2, 0.25) is 5.91 Å². The molecule has 1 aromatic carbocycles. The predicted molar refractivity (Wildman–Crippen MR) is 57.3 cm³/mol. The van der Waals surface area contributed by atoms with Crippen molar-refractivity contribution < 1.29 is 14.7 Å². The molecule has 1 aromatic heterocycles. The van der Waals surface area contributed by atoms with Crippen LogP contribution in [-0.4, -0.2) is 17.0 Å². The third-order valence-corrected chi connectivity index (χ3v) is 3.12. The number of fused-ring (bicyclic) bond motifs is 1. The Balaban J connectivity index is 2.62. The van der Waals surface area contributed by atoms with E-state index in [0.29, 0.717) is 5.56 Å². The van der Waals surface area contributed by atoms with Gasteiger partial charge in [-0.1, -0.05) is 0 Å². The van der Waals surface area contributed by atoms with Crippen molar-refractivity contribution in [2.45, 2.75) is 0 Å². The molecule has 0 unspecified atom stereocenters. The lowest BCUT2D eigenvalue weighted by Crippen LogP contribution is -2.10. The molecule has 15 heavy (non-hydrogen) atoms. The molecule has 1 heterocycles. The number of carbonyl (C=O) groups is 2. The summed E-state index contributed by atoms with van der Waals surface area (Å²) < 4.78 is 0.831. The first kappa shape index (κ1) is 9.67. The molecule has 0 bridgehead atoms. The number of carboxylic acids is 1. The highest BCUT2D eigenvalue weighted by Gasteiger charge is 2.09. The van der Waals surface area contributed by atoms with E-state index in [1.54, 1.807) is 18.2 Å². The fourth-order valence-corrected chi connectivity index (χ4v) is 2.18. The molecule has 4 nitrogen and oxygen atoms in total. The molecule has 5 heteroatoms. The van der Waals surface area contributed by atoms with Crippen molar-refractivity contribution in [3.05, 3.63) is 34.7 Å². The second-order valence-corrected chi connectivity index (χ2v) is 4.12. The molecular formula is C10H7NO3S. The van der Waals surface area contributed by atoms with Crippen LogP contribution in [0.1, 0.15) is 20.0 Å². The molecule has 2 aromatic rings. The van der Waals surface area contributed by atoms with Crippen LogP contribution in [0.15, 0.2) is 24.3 Å². The molecule has 0 fully saturated rings. The summed E-state index contributed by atoms with van der Waals surface area (Å²) in [6.45, 7) is 0. The summed E-state index contributed by atoms with van der Waals surface area (Å²) in [6, 6.07) is 6.43. The van der Waals surface area contributed by atoms with Gasteiger partial charge in [0.05, 0.1) is 0 Å². The maximum absolute atomic E-state index is 10.9. The van der Waals surface area contributed by atoms with Crippen LogP contribution in [0.25, 0.3) is 10.1 Å². The predicted octanol–water partition coefficient (Wildman–Crippen LogP) is 1.70. The van der Waals surface area contributed by atoms with Crippen molar-refractivity contribution in [3.8, 4) is 0 Å². The van der Waals surface area contributed by atoms with Gasteiger partial charge in [-0.15, -0.1) is 11.3 Å². The van der Waals surface area contributed by atoms with Gasteiger partial charge in [-0.2, -0.15) is 0 Å². The fourth-order valence-electron chi connectivity index (χ4n) is 1.30. The molecule has 0 radical (unpaired) electrons. The highest BCUT2D eigenvalue weighted by molar-refractivity contribution is 7.20. The SMILES string of the molecule is NC(=O)c1ccc2sc(C(=O)O)cc2c1. The van der Waals surface area contributed by atoms with E-state index < -0.39 is 11.9 Å². The van der Waals surface area contributed by atoms with Crippen LogP contribution in [0.5, 0.6) is 0 Å². The Bertz CT molecular complexity index is 547. The van der Waals surface area contributed by atoms with Crippen LogP contribution >= 0.6 is 11.3 Å². The van der Waals surface area contributed by atoms with Gasteiger partial charge in [0.25, 0.3) is 0 Å². The smallest absolute Gasteiger partial charge is 0.345 e. The Morgan fingerprint density at radius 1 is 1.27 bits per heavy atom. The number of nitrogens with two attached hydrogens (primary N) is 1. The van der Waals surface area contributed by atoms with Crippen molar-refractivity contribution in [1.29, 1.82) is 0 Å². The van der Waals surface area contributed by atoms with Gasteiger partial charge in [0.15, 0.2) is 0 Å². The van der Waals surface area contributed by atoms with Crippen LogP contribution in [0.2, 0.25) is 0 Å². The first-order valence-electron chi connectivity index (χ1n) is 4.14. The van der Waals surface area contributed by atoms with Gasteiger partial charge >= 0.3 is 5.97 Å². The molecule has 76 valence electrons. The van der Waals surface area contributed by atoms with Crippen molar-refractivity contribution in [1.82, 2.24) is 0 Å². The van der Waals surface area contributed by atoms with Crippen molar-refractivity contribution in [2.24, 2.45) is 5.73 Å². The monoisotopic (exact) mass is 221 g/mol. The summed E-state index contributed by atoms with van der Waals surface area (Å²) in [5.41, 5.74) is 5.51. The fraction of sp³-hybridized carbons (Fsp3) is 0. The molecule has 0 saturated heterocycles. The van der Waals surface area contributed by atoms with Gasteiger partial charge in [-0.05, 0) is 29.7 Å². The number of primary amides is 1. The number of carbonyl (C=O) groups excluding carboxylic acids is 1. The molecule has 0 aliphatic carbocycles. The summed E-state index contributed by atoms with van der Waals surface area (Å²) in [5, 5.41) is 9.51. The minimum Gasteiger partial charge on any atom is -0.477 e. The Morgan fingerprint density at radius 2 is 2.00 bits per heavy atom. The number of carboxylic acid groups (broad SMARTS) is 1. The summed E-state index contributed by atoms with van der Waals surface area (Å²) in [7, 11) is 0. The summed E-state index contributed by atoms with van der Waals surface area (Å²) in [4.78, 5) is 21.9. The minimum atomic E-state index is -0.961. The first-order chi connectivity index (χ1) is 7.08. The Hall–Kier alpha value is -1.88. The third kappa shape index (κ3) is 1.69. The topological polar surface area (TPSA) is 80.4 Å². The molecule has 3 N–H and O–H groups in total. The molecule has 0 aliphatic heterocycles. The number of hydrogen-bond acceptors (Lipinski definition) is 3. The lowest BCUT2D eigenvalue weighted by atomic mass is 10.1. The van der Waals surface area contributed by atoms with Crippen LogP contribution in [0.3, 0.4) is 0 Å². The van der Waals surface area contributed by atoms with Crippen LogP contribution in [0.4, 0.5) is 0 Å². The molecule has 0 atom stereocenters. The summed E-state index contributed by atoms with van der Waals surface area (Å²) in [6.07, 6.45) is 0. The maximum atomic E-state index is 10.9. The van der Waals surface area contributed by atoms with Gasteiger partial charge in [0, 0.05) is 10.3 Å². The van der Waals surface area contributed by atoms with Gasteiger partial charge in [0.1, 0.15) is 4.88 Å². The Kier molecular flexibility index (Phi) is 2.17. The van der Waals surface area contributed by atoms with Crippen LogP contribution in [-0.2, 0) is 0 Å². The van der Waals surface area contributed by atoms with E-state index in [4.69, 9.17) is 10.8 Å².